The number of benzene rings is 1. The van der Waals surface area contributed by atoms with Gasteiger partial charge in [-0.25, -0.2) is 0 Å². The fourth-order valence-corrected chi connectivity index (χ4v) is 3.56. The Kier molecular flexibility index (Phi) is 6.79. The molecule has 15 heavy (non-hydrogen) atoms. The van der Waals surface area contributed by atoms with Gasteiger partial charge >= 0.3 is 101 Å². The molecule has 1 heteroatoms. The van der Waals surface area contributed by atoms with Crippen molar-refractivity contribution >= 4 is 15.0 Å². The number of hydrogen-bond donors (Lipinski definition) is 0. The minimum atomic E-state index is 0.822. The zero-order valence-corrected chi connectivity index (χ0v) is 11.7. The molecule has 0 amide bonds. The van der Waals surface area contributed by atoms with Crippen molar-refractivity contribution < 1.29 is 0 Å². The van der Waals surface area contributed by atoms with Gasteiger partial charge in [-0.15, -0.1) is 0 Å². The van der Waals surface area contributed by atoms with Gasteiger partial charge in [-0.1, -0.05) is 0 Å². The summed E-state index contributed by atoms with van der Waals surface area (Å²) in [6, 6.07) is 9.01. The fraction of sp³-hybridized carbons (Fsp3) is 0.571. The van der Waals surface area contributed by atoms with E-state index in [2.05, 4.69) is 38.1 Å². The van der Waals surface area contributed by atoms with Crippen LogP contribution in [0.5, 0.6) is 0 Å². The van der Waals surface area contributed by atoms with Crippen molar-refractivity contribution in [3.63, 3.8) is 0 Å². The van der Waals surface area contributed by atoms with E-state index < -0.39 is 0 Å². The molecular formula is C14H22Se. The van der Waals surface area contributed by atoms with Crippen LogP contribution in [0.2, 0.25) is 5.32 Å². The summed E-state index contributed by atoms with van der Waals surface area (Å²) in [4.78, 5) is 0. The maximum absolute atomic E-state index is 2.28. The normalized spacial score (nSPS) is 10.5. The van der Waals surface area contributed by atoms with Gasteiger partial charge in [-0.05, 0) is 0 Å². The first kappa shape index (κ1) is 12.8. The first-order valence-corrected chi connectivity index (χ1v) is 8.38. The molecule has 0 spiro atoms. The molecule has 0 nitrogen and oxygen atoms in total. The third-order valence-corrected chi connectivity index (χ3v) is 4.87. The predicted molar refractivity (Wildman–Crippen MR) is 69.6 cm³/mol. The average molecular weight is 269 g/mol. The molecule has 0 aliphatic rings. The second kappa shape index (κ2) is 7.96. The van der Waals surface area contributed by atoms with Gasteiger partial charge in [-0.2, -0.15) is 0 Å². The number of hydrogen-bond acceptors (Lipinski definition) is 0. The van der Waals surface area contributed by atoms with E-state index in [9.17, 15) is 0 Å². The Bertz CT molecular complexity index is 251. The van der Waals surface area contributed by atoms with Crippen LogP contribution in [0.3, 0.4) is 0 Å². The van der Waals surface area contributed by atoms with Crippen LogP contribution in [0.4, 0.5) is 0 Å². The topological polar surface area (TPSA) is 0 Å². The van der Waals surface area contributed by atoms with Gasteiger partial charge in [0.2, 0.25) is 0 Å². The Hall–Kier alpha value is -0.261. The summed E-state index contributed by atoms with van der Waals surface area (Å²) in [6.45, 7) is 4.43. The summed E-state index contributed by atoms with van der Waals surface area (Å²) < 4.78 is 0. The van der Waals surface area contributed by atoms with Gasteiger partial charge in [0.05, 0.1) is 0 Å². The summed E-state index contributed by atoms with van der Waals surface area (Å²) in [5.74, 6) is 0. The van der Waals surface area contributed by atoms with E-state index in [-0.39, 0.29) is 0 Å². The third kappa shape index (κ3) is 6.02. The van der Waals surface area contributed by atoms with Crippen LogP contribution < -0.4 is 0 Å². The second-order valence-corrected chi connectivity index (χ2v) is 6.42. The molecule has 0 N–H and O–H groups in total. The molecule has 0 radical (unpaired) electrons. The van der Waals surface area contributed by atoms with Gasteiger partial charge in [0, 0.05) is 0 Å². The molecule has 84 valence electrons. The van der Waals surface area contributed by atoms with E-state index in [4.69, 9.17) is 0 Å². The summed E-state index contributed by atoms with van der Waals surface area (Å²) >= 11 is 0.822. The fourth-order valence-electron chi connectivity index (χ4n) is 1.51. The first-order chi connectivity index (χ1) is 7.33. The van der Waals surface area contributed by atoms with Gasteiger partial charge in [0.1, 0.15) is 0 Å². The SMILES string of the molecule is CCCCCC[Se]Cc1ccc(C)cc1. The van der Waals surface area contributed by atoms with E-state index >= 15 is 0 Å². The van der Waals surface area contributed by atoms with Crippen molar-refractivity contribution in [3.05, 3.63) is 35.4 Å². The van der Waals surface area contributed by atoms with Crippen LogP contribution in [0, 0.1) is 6.92 Å². The molecule has 0 aliphatic carbocycles. The summed E-state index contributed by atoms with van der Waals surface area (Å²) in [6.07, 6.45) is 5.65. The standard InChI is InChI=1S/C14H22Se/c1-3-4-5-6-11-15-12-14-9-7-13(2)8-10-14/h7-10H,3-6,11-12H2,1-2H3. The molecule has 0 bridgehead atoms. The van der Waals surface area contributed by atoms with Crippen LogP contribution in [-0.4, -0.2) is 15.0 Å². The number of rotatable bonds is 7. The van der Waals surface area contributed by atoms with Crippen molar-refractivity contribution in [2.75, 3.05) is 0 Å². The van der Waals surface area contributed by atoms with E-state index in [1.54, 1.807) is 0 Å². The second-order valence-electron chi connectivity index (χ2n) is 4.10. The van der Waals surface area contributed by atoms with Gasteiger partial charge in [0.25, 0.3) is 0 Å². The third-order valence-electron chi connectivity index (χ3n) is 2.53. The van der Waals surface area contributed by atoms with Crippen LogP contribution >= 0.6 is 0 Å². The van der Waals surface area contributed by atoms with Crippen LogP contribution in [0.15, 0.2) is 24.3 Å². The van der Waals surface area contributed by atoms with Gasteiger partial charge < -0.3 is 0 Å². The Morgan fingerprint density at radius 2 is 1.73 bits per heavy atom. The van der Waals surface area contributed by atoms with Crippen molar-refractivity contribution in [2.24, 2.45) is 0 Å². The van der Waals surface area contributed by atoms with E-state index in [0.29, 0.717) is 0 Å². The number of unbranched alkanes of at least 4 members (excludes halogenated alkanes) is 3. The molecule has 0 aliphatic heterocycles. The van der Waals surface area contributed by atoms with E-state index in [1.165, 1.54) is 47.4 Å². The van der Waals surface area contributed by atoms with Crippen LogP contribution in [0.25, 0.3) is 0 Å². The minimum absolute atomic E-state index is 0.822. The molecule has 0 saturated heterocycles. The maximum atomic E-state index is 2.28. The Morgan fingerprint density at radius 3 is 2.40 bits per heavy atom. The Balaban J connectivity index is 2.07. The van der Waals surface area contributed by atoms with E-state index in [1.807, 2.05) is 0 Å². The first-order valence-electron chi connectivity index (χ1n) is 5.96. The predicted octanol–water partition coefficient (Wildman–Crippen LogP) is 4.20. The summed E-state index contributed by atoms with van der Waals surface area (Å²) in [7, 11) is 0. The zero-order valence-electron chi connectivity index (χ0n) is 9.96. The molecule has 0 heterocycles. The monoisotopic (exact) mass is 270 g/mol. The summed E-state index contributed by atoms with van der Waals surface area (Å²) in [5, 5.41) is 2.78. The molecular weight excluding hydrogens is 247 g/mol. The molecule has 0 aromatic heterocycles. The molecule has 0 atom stereocenters. The molecule has 1 rings (SSSR count). The zero-order chi connectivity index (χ0) is 10.9. The van der Waals surface area contributed by atoms with Crippen LogP contribution in [0.1, 0.15) is 43.7 Å². The average Bonchev–Trinajstić information content (AvgIpc) is 2.26. The molecule has 0 fully saturated rings. The Labute approximate surface area is 101 Å². The van der Waals surface area contributed by atoms with Crippen molar-refractivity contribution in [2.45, 2.75) is 50.2 Å². The van der Waals surface area contributed by atoms with Crippen molar-refractivity contribution in [1.29, 1.82) is 0 Å². The van der Waals surface area contributed by atoms with Crippen molar-refractivity contribution in [3.8, 4) is 0 Å². The van der Waals surface area contributed by atoms with Gasteiger partial charge in [-0.3, -0.25) is 0 Å². The molecule has 0 unspecified atom stereocenters. The summed E-state index contributed by atoms with van der Waals surface area (Å²) in [5.41, 5.74) is 2.89. The van der Waals surface area contributed by atoms with E-state index in [0.717, 1.165) is 15.0 Å². The quantitative estimate of drug-likeness (QED) is 0.514. The molecule has 1 aromatic rings. The Morgan fingerprint density at radius 1 is 1.00 bits per heavy atom. The van der Waals surface area contributed by atoms with Crippen molar-refractivity contribution in [1.82, 2.24) is 0 Å². The molecule has 1 aromatic carbocycles. The molecule has 0 saturated carbocycles. The van der Waals surface area contributed by atoms with Crippen LogP contribution in [-0.2, 0) is 5.32 Å². The van der Waals surface area contributed by atoms with Gasteiger partial charge in [0.15, 0.2) is 0 Å². The number of aryl methyl sites for hydroxylation is 1.